The lowest BCUT2D eigenvalue weighted by Gasteiger charge is -2.13. The second kappa shape index (κ2) is 4.66. The van der Waals surface area contributed by atoms with Crippen LogP contribution < -0.4 is 5.01 Å². The summed E-state index contributed by atoms with van der Waals surface area (Å²) in [5, 5.41) is 5.70. The molecule has 86 valence electrons. The Balaban J connectivity index is 0.00000128. The van der Waals surface area contributed by atoms with E-state index in [0.717, 1.165) is 11.4 Å². The summed E-state index contributed by atoms with van der Waals surface area (Å²) >= 11 is 0. The van der Waals surface area contributed by atoms with Crippen LogP contribution in [-0.4, -0.2) is 11.6 Å². The van der Waals surface area contributed by atoms with E-state index in [1.165, 1.54) is 16.1 Å². The second-order valence-corrected chi connectivity index (χ2v) is 3.99. The van der Waals surface area contributed by atoms with Crippen LogP contribution in [0.5, 0.6) is 0 Å². The number of anilines is 1. The number of nitrogens with zero attached hydrogens (tertiary/aromatic N) is 2. The highest BCUT2D eigenvalue weighted by atomic mass is 35.5. The minimum absolute atomic E-state index is 0. The Hall–Kier alpha value is -1.35. The largest absolute Gasteiger partial charge is 0.272 e. The number of rotatable bonds is 1. The average Bonchev–Trinajstić information content (AvgIpc) is 2.50. The van der Waals surface area contributed by atoms with Crippen LogP contribution in [0.2, 0.25) is 0 Å². The molecule has 1 aliphatic heterocycles. The summed E-state index contributed by atoms with van der Waals surface area (Å²) in [6.45, 7) is 5.97. The van der Waals surface area contributed by atoms with E-state index in [1.54, 1.807) is 0 Å². The van der Waals surface area contributed by atoms with Gasteiger partial charge in [-0.15, -0.1) is 12.4 Å². The Bertz CT molecular complexity index is 454. The number of hydrazone groups is 1. The number of halogens is 1. The van der Waals surface area contributed by atoms with Crippen LogP contribution >= 0.6 is 12.4 Å². The van der Waals surface area contributed by atoms with Gasteiger partial charge in [0.15, 0.2) is 0 Å². The molecule has 0 unspecified atom stereocenters. The summed E-state index contributed by atoms with van der Waals surface area (Å²) in [6.07, 6.45) is 0.437. The highest BCUT2D eigenvalue weighted by molar-refractivity contribution is 6.12. The monoisotopic (exact) mass is 238 g/mol. The molecule has 1 aromatic carbocycles. The summed E-state index contributed by atoms with van der Waals surface area (Å²) in [4.78, 5) is 11.6. The van der Waals surface area contributed by atoms with E-state index >= 15 is 0 Å². The van der Waals surface area contributed by atoms with Gasteiger partial charge in [-0.05, 0) is 44.0 Å². The standard InChI is InChI=1S/C12H14N2O.ClH/c1-8-4-5-11(6-9(8)2)14-12(15)7-10(3)13-14;/h4-6H,7H2,1-3H3;1H. The first-order chi connectivity index (χ1) is 7.08. The van der Waals surface area contributed by atoms with E-state index in [4.69, 9.17) is 0 Å². The predicted molar refractivity (Wildman–Crippen MR) is 68.4 cm³/mol. The quantitative estimate of drug-likeness (QED) is 0.741. The van der Waals surface area contributed by atoms with E-state index in [2.05, 4.69) is 12.0 Å². The minimum Gasteiger partial charge on any atom is -0.272 e. The molecule has 16 heavy (non-hydrogen) atoms. The molecule has 2 rings (SSSR count). The Labute approximate surface area is 102 Å². The second-order valence-electron chi connectivity index (χ2n) is 3.99. The van der Waals surface area contributed by atoms with Crippen LogP contribution in [0.1, 0.15) is 24.5 Å². The van der Waals surface area contributed by atoms with E-state index in [-0.39, 0.29) is 18.3 Å². The molecule has 0 aliphatic carbocycles. The van der Waals surface area contributed by atoms with Crippen molar-refractivity contribution in [3.05, 3.63) is 29.3 Å². The molecular weight excluding hydrogens is 224 g/mol. The lowest BCUT2D eigenvalue weighted by Crippen LogP contribution is -2.19. The SMILES string of the molecule is CC1=NN(c2ccc(C)c(C)c2)C(=O)C1.Cl. The van der Waals surface area contributed by atoms with Crippen molar-refractivity contribution >= 4 is 29.7 Å². The molecule has 1 aliphatic rings. The normalized spacial score (nSPS) is 14.8. The van der Waals surface area contributed by atoms with Crippen molar-refractivity contribution in [2.24, 2.45) is 5.10 Å². The molecule has 0 saturated carbocycles. The first-order valence-corrected chi connectivity index (χ1v) is 5.02. The summed E-state index contributed by atoms with van der Waals surface area (Å²) < 4.78 is 0. The number of benzene rings is 1. The van der Waals surface area contributed by atoms with Crippen molar-refractivity contribution < 1.29 is 4.79 Å². The van der Waals surface area contributed by atoms with Gasteiger partial charge in [0.2, 0.25) is 0 Å². The molecule has 0 radical (unpaired) electrons. The maximum atomic E-state index is 11.6. The molecule has 3 nitrogen and oxygen atoms in total. The Kier molecular flexibility index (Phi) is 3.70. The number of carbonyl (C=O) groups is 1. The fourth-order valence-corrected chi connectivity index (χ4v) is 1.61. The lowest BCUT2D eigenvalue weighted by molar-refractivity contribution is -0.116. The number of amides is 1. The zero-order chi connectivity index (χ0) is 11.0. The molecule has 0 spiro atoms. The van der Waals surface area contributed by atoms with Crippen molar-refractivity contribution in [1.82, 2.24) is 0 Å². The Morgan fingerprint density at radius 2 is 1.88 bits per heavy atom. The Morgan fingerprint density at radius 1 is 1.19 bits per heavy atom. The average molecular weight is 239 g/mol. The van der Waals surface area contributed by atoms with Gasteiger partial charge in [-0.1, -0.05) is 6.07 Å². The summed E-state index contributed by atoms with van der Waals surface area (Å²) in [7, 11) is 0. The first kappa shape index (κ1) is 12.7. The molecule has 0 bridgehead atoms. The van der Waals surface area contributed by atoms with Crippen LogP contribution in [0, 0.1) is 13.8 Å². The lowest BCUT2D eigenvalue weighted by atomic mass is 10.1. The van der Waals surface area contributed by atoms with Gasteiger partial charge in [-0.2, -0.15) is 5.10 Å². The van der Waals surface area contributed by atoms with E-state index in [1.807, 2.05) is 32.0 Å². The molecule has 4 heteroatoms. The summed E-state index contributed by atoms with van der Waals surface area (Å²) in [5.74, 6) is 0.0516. The number of aryl methyl sites for hydroxylation is 2. The highest BCUT2D eigenvalue weighted by Crippen LogP contribution is 2.22. The highest BCUT2D eigenvalue weighted by Gasteiger charge is 2.22. The van der Waals surface area contributed by atoms with Crippen molar-refractivity contribution in [2.45, 2.75) is 27.2 Å². The van der Waals surface area contributed by atoms with Crippen molar-refractivity contribution in [3.8, 4) is 0 Å². The topological polar surface area (TPSA) is 32.7 Å². The van der Waals surface area contributed by atoms with Gasteiger partial charge in [0, 0.05) is 5.71 Å². The number of hydrogen-bond donors (Lipinski definition) is 0. The molecular formula is C12H15ClN2O. The summed E-state index contributed by atoms with van der Waals surface area (Å²) in [6, 6.07) is 5.94. The third-order valence-electron chi connectivity index (χ3n) is 2.65. The number of hydrogen-bond acceptors (Lipinski definition) is 2. The van der Waals surface area contributed by atoms with Gasteiger partial charge < -0.3 is 0 Å². The van der Waals surface area contributed by atoms with E-state index < -0.39 is 0 Å². The third kappa shape index (κ3) is 2.25. The van der Waals surface area contributed by atoms with Crippen molar-refractivity contribution in [1.29, 1.82) is 0 Å². The van der Waals surface area contributed by atoms with Gasteiger partial charge in [0.25, 0.3) is 5.91 Å². The molecule has 1 aromatic rings. The van der Waals surface area contributed by atoms with E-state index in [9.17, 15) is 4.79 Å². The van der Waals surface area contributed by atoms with Crippen molar-refractivity contribution in [2.75, 3.05) is 5.01 Å². The van der Waals surface area contributed by atoms with Gasteiger partial charge in [-0.25, -0.2) is 5.01 Å². The van der Waals surface area contributed by atoms with Gasteiger partial charge >= 0.3 is 0 Å². The van der Waals surface area contributed by atoms with Crippen LogP contribution in [0.25, 0.3) is 0 Å². The first-order valence-electron chi connectivity index (χ1n) is 5.02. The molecule has 0 N–H and O–H groups in total. The fraction of sp³-hybridized carbons (Fsp3) is 0.333. The zero-order valence-corrected chi connectivity index (χ0v) is 10.5. The predicted octanol–water partition coefficient (Wildman–Crippen LogP) is 2.84. The minimum atomic E-state index is 0. The van der Waals surface area contributed by atoms with Gasteiger partial charge in [-0.3, -0.25) is 4.79 Å². The van der Waals surface area contributed by atoms with Crippen LogP contribution in [0.15, 0.2) is 23.3 Å². The van der Waals surface area contributed by atoms with Crippen LogP contribution in [0.4, 0.5) is 5.69 Å². The Morgan fingerprint density at radius 3 is 2.38 bits per heavy atom. The van der Waals surface area contributed by atoms with E-state index in [0.29, 0.717) is 6.42 Å². The molecule has 1 heterocycles. The molecule has 0 aromatic heterocycles. The van der Waals surface area contributed by atoms with Crippen molar-refractivity contribution in [3.63, 3.8) is 0 Å². The molecule has 0 atom stereocenters. The van der Waals surface area contributed by atoms with Gasteiger partial charge in [0.05, 0.1) is 12.1 Å². The van der Waals surface area contributed by atoms with Crippen LogP contribution in [-0.2, 0) is 4.79 Å². The zero-order valence-electron chi connectivity index (χ0n) is 9.65. The maximum absolute atomic E-state index is 11.6. The molecule has 0 fully saturated rings. The maximum Gasteiger partial charge on any atom is 0.253 e. The smallest absolute Gasteiger partial charge is 0.253 e. The van der Waals surface area contributed by atoms with Crippen LogP contribution in [0.3, 0.4) is 0 Å². The van der Waals surface area contributed by atoms with Gasteiger partial charge in [0.1, 0.15) is 0 Å². The molecule has 0 saturated heterocycles. The number of carbonyl (C=O) groups excluding carboxylic acids is 1. The molecule has 1 amide bonds. The third-order valence-corrected chi connectivity index (χ3v) is 2.65. The fourth-order valence-electron chi connectivity index (χ4n) is 1.61. The summed E-state index contributed by atoms with van der Waals surface area (Å²) in [5.41, 5.74) is 4.14.